The van der Waals surface area contributed by atoms with Crippen LogP contribution in [0.4, 0.5) is 0 Å². The zero-order valence-corrected chi connectivity index (χ0v) is 14.4. The van der Waals surface area contributed by atoms with Gasteiger partial charge in [-0.25, -0.2) is 0 Å². The van der Waals surface area contributed by atoms with E-state index in [1.54, 1.807) is 7.11 Å². The molecule has 0 aliphatic heterocycles. The van der Waals surface area contributed by atoms with Gasteiger partial charge in [-0.05, 0) is 31.7 Å². The maximum Gasteiger partial charge on any atom is 0.224 e. The Morgan fingerprint density at radius 1 is 1.45 bits per heavy atom. The third-order valence-electron chi connectivity index (χ3n) is 2.75. The molecule has 2 N–H and O–H groups in total. The number of ether oxygens (including phenoxy) is 1. The highest BCUT2D eigenvalue weighted by atomic mass is 79.9. The maximum absolute atomic E-state index is 11.9. The number of rotatable bonds is 7. The third-order valence-corrected chi connectivity index (χ3v) is 3.24. The molecule has 0 spiro atoms. The zero-order valence-electron chi connectivity index (χ0n) is 12.0. The summed E-state index contributed by atoms with van der Waals surface area (Å²) in [6, 6.07) is 5.94. The van der Waals surface area contributed by atoms with Crippen molar-refractivity contribution < 1.29 is 9.53 Å². The van der Waals surface area contributed by atoms with Crippen LogP contribution in [0.1, 0.15) is 19.4 Å². The van der Waals surface area contributed by atoms with Crippen molar-refractivity contribution in [3.8, 4) is 5.75 Å². The van der Waals surface area contributed by atoms with Gasteiger partial charge in [0, 0.05) is 22.6 Å². The molecule has 0 aliphatic rings. The number of methoxy groups -OCH3 is 1. The molecule has 6 heteroatoms. The summed E-state index contributed by atoms with van der Waals surface area (Å²) in [6.07, 6.45) is 0.321. The Kier molecular flexibility index (Phi) is 9.63. The molecule has 0 bridgehead atoms. The summed E-state index contributed by atoms with van der Waals surface area (Å²) in [6.45, 7) is 5.62. The van der Waals surface area contributed by atoms with Crippen LogP contribution >= 0.6 is 28.3 Å². The fourth-order valence-corrected chi connectivity index (χ4v) is 2.22. The Morgan fingerprint density at radius 2 is 2.15 bits per heavy atom. The Bertz CT molecular complexity index is 430. The molecule has 20 heavy (non-hydrogen) atoms. The molecule has 0 saturated carbocycles. The minimum atomic E-state index is 0. The van der Waals surface area contributed by atoms with Crippen molar-refractivity contribution in [2.45, 2.75) is 26.3 Å². The highest BCUT2D eigenvalue weighted by Crippen LogP contribution is 2.23. The highest BCUT2D eigenvalue weighted by molar-refractivity contribution is 9.10. The summed E-state index contributed by atoms with van der Waals surface area (Å²) < 4.78 is 6.19. The maximum atomic E-state index is 11.9. The minimum absolute atomic E-state index is 0. The monoisotopic (exact) mass is 364 g/mol. The molecular weight excluding hydrogens is 344 g/mol. The molecule has 1 amide bonds. The largest absolute Gasteiger partial charge is 0.496 e. The lowest BCUT2D eigenvalue weighted by Gasteiger charge is -2.14. The van der Waals surface area contributed by atoms with Crippen molar-refractivity contribution in [1.82, 2.24) is 10.6 Å². The van der Waals surface area contributed by atoms with Crippen LogP contribution in [0, 0.1) is 0 Å². The van der Waals surface area contributed by atoms with Crippen LogP contribution in [-0.2, 0) is 11.2 Å². The second kappa shape index (κ2) is 10.0. The number of halogens is 2. The van der Waals surface area contributed by atoms with E-state index in [1.165, 1.54) is 0 Å². The molecule has 1 atom stereocenters. The molecule has 1 rings (SSSR count). The molecule has 0 heterocycles. The van der Waals surface area contributed by atoms with Crippen molar-refractivity contribution in [3.63, 3.8) is 0 Å². The van der Waals surface area contributed by atoms with Crippen LogP contribution in [0.3, 0.4) is 0 Å². The van der Waals surface area contributed by atoms with Crippen molar-refractivity contribution in [3.05, 3.63) is 28.2 Å². The first-order valence-electron chi connectivity index (χ1n) is 6.39. The first-order valence-corrected chi connectivity index (χ1v) is 7.18. The smallest absolute Gasteiger partial charge is 0.224 e. The van der Waals surface area contributed by atoms with Gasteiger partial charge in [-0.2, -0.15) is 0 Å². The quantitative estimate of drug-likeness (QED) is 0.781. The van der Waals surface area contributed by atoms with E-state index in [2.05, 4.69) is 26.6 Å². The molecule has 0 radical (unpaired) electrons. The molecular formula is C14H22BrClN2O2. The van der Waals surface area contributed by atoms with Gasteiger partial charge in [0.1, 0.15) is 5.75 Å². The number of carbonyl (C=O) groups excluding carboxylic acids is 1. The lowest BCUT2D eigenvalue weighted by atomic mass is 10.1. The SMILES string of the molecule is CCN[C@H](C)CNC(=O)Cc1cc(Br)ccc1OC.Cl. The van der Waals surface area contributed by atoms with Gasteiger partial charge >= 0.3 is 0 Å². The van der Waals surface area contributed by atoms with Crippen LogP contribution in [0.25, 0.3) is 0 Å². The summed E-state index contributed by atoms with van der Waals surface area (Å²) in [4.78, 5) is 11.9. The van der Waals surface area contributed by atoms with Crippen molar-refractivity contribution in [2.24, 2.45) is 0 Å². The lowest BCUT2D eigenvalue weighted by Crippen LogP contribution is -2.39. The van der Waals surface area contributed by atoms with Gasteiger partial charge in [0.15, 0.2) is 0 Å². The molecule has 1 aromatic carbocycles. The van der Waals surface area contributed by atoms with Crippen molar-refractivity contribution >= 4 is 34.2 Å². The average Bonchev–Trinajstić information content (AvgIpc) is 2.37. The van der Waals surface area contributed by atoms with Gasteiger partial charge in [0.2, 0.25) is 5.91 Å². The normalized spacial score (nSPS) is 11.4. The van der Waals surface area contributed by atoms with Gasteiger partial charge in [-0.15, -0.1) is 12.4 Å². The highest BCUT2D eigenvalue weighted by Gasteiger charge is 2.10. The fraction of sp³-hybridized carbons (Fsp3) is 0.500. The summed E-state index contributed by atoms with van der Waals surface area (Å²) in [5, 5.41) is 6.16. The number of hydrogen-bond acceptors (Lipinski definition) is 3. The summed E-state index contributed by atoms with van der Waals surface area (Å²) >= 11 is 3.40. The standard InChI is InChI=1S/C14H21BrN2O2.ClH/c1-4-16-10(2)9-17-14(18)8-11-7-12(15)5-6-13(11)19-3;/h5-7,10,16H,4,8-9H2,1-3H3,(H,17,18);1H/t10-;/m1./s1. The van der Waals surface area contributed by atoms with Crippen molar-refractivity contribution in [2.75, 3.05) is 20.2 Å². The number of amides is 1. The lowest BCUT2D eigenvalue weighted by molar-refractivity contribution is -0.120. The first kappa shape index (κ1) is 19.2. The second-order valence-corrected chi connectivity index (χ2v) is 5.31. The molecule has 4 nitrogen and oxygen atoms in total. The van der Waals surface area contributed by atoms with Gasteiger partial charge < -0.3 is 15.4 Å². The van der Waals surface area contributed by atoms with E-state index in [4.69, 9.17) is 4.74 Å². The van der Waals surface area contributed by atoms with Gasteiger partial charge in [0.25, 0.3) is 0 Å². The molecule has 0 aromatic heterocycles. The van der Waals surface area contributed by atoms with E-state index in [0.29, 0.717) is 13.0 Å². The predicted octanol–water partition coefficient (Wildman–Crippen LogP) is 2.54. The third kappa shape index (κ3) is 6.59. The molecule has 114 valence electrons. The van der Waals surface area contributed by atoms with Gasteiger partial charge in [-0.3, -0.25) is 4.79 Å². The summed E-state index contributed by atoms with van der Waals surface area (Å²) in [5.74, 6) is 0.735. The minimum Gasteiger partial charge on any atom is -0.496 e. The first-order chi connectivity index (χ1) is 9.06. The van der Waals surface area contributed by atoms with E-state index in [9.17, 15) is 4.79 Å². The van der Waals surface area contributed by atoms with E-state index < -0.39 is 0 Å². The molecule has 0 unspecified atom stereocenters. The van der Waals surface area contributed by atoms with E-state index in [0.717, 1.165) is 22.3 Å². The van der Waals surface area contributed by atoms with Crippen LogP contribution < -0.4 is 15.4 Å². The van der Waals surface area contributed by atoms with Gasteiger partial charge in [0.05, 0.1) is 13.5 Å². The molecule has 0 saturated heterocycles. The Morgan fingerprint density at radius 3 is 2.75 bits per heavy atom. The van der Waals surface area contributed by atoms with E-state index >= 15 is 0 Å². The molecule has 0 aliphatic carbocycles. The van der Waals surface area contributed by atoms with E-state index in [-0.39, 0.29) is 24.4 Å². The van der Waals surface area contributed by atoms with Crippen LogP contribution in [-0.4, -0.2) is 32.1 Å². The van der Waals surface area contributed by atoms with Crippen LogP contribution in [0.15, 0.2) is 22.7 Å². The van der Waals surface area contributed by atoms with Crippen LogP contribution in [0.2, 0.25) is 0 Å². The summed E-state index contributed by atoms with van der Waals surface area (Å²) in [7, 11) is 1.61. The topological polar surface area (TPSA) is 50.4 Å². The number of carbonyl (C=O) groups is 1. The fourth-order valence-electron chi connectivity index (χ4n) is 1.81. The van der Waals surface area contributed by atoms with Crippen LogP contribution in [0.5, 0.6) is 5.75 Å². The Hall–Kier alpha value is -0.780. The Labute approximate surface area is 135 Å². The number of benzene rings is 1. The summed E-state index contributed by atoms with van der Waals surface area (Å²) in [5.41, 5.74) is 0.880. The number of hydrogen-bond donors (Lipinski definition) is 2. The predicted molar refractivity (Wildman–Crippen MR) is 87.8 cm³/mol. The van der Waals surface area contributed by atoms with Crippen molar-refractivity contribution in [1.29, 1.82) is 0 Å². The average molecular weight is 366 g/mol. The number of likely N-dealkylation sites (N-methyl/N-ethyl adjacent to an activating group) is 1. The molecule has 0 fully saturated rings. The number of nitrogens with one attached hydrogen (secondary N) is 2. The zero-order chi connectivity index (χ0) is 14.3. The second-order valence-electron chi connectivity index (χ2n) is 4.40. The Balaban J connectivity index is 0.00000361. The van der Waals surface area contributed by atoms with Gasteiger partial charge in [-0.1, -0.05) is 22.9 Å². The molecule has 1 aromatic rings. The van der Waals surface area contributed by atoms with E-state index in [1.807, 2.05) is 32.0 Å².